The number of pyridine rings is 1. The van der Waals surface area contributed by atoms with Gasteiger partial charge >= 0.3 is 0 Å². The Kier molecular flexibility index (Phi) is 3.52. The van der Waals surface area contributed by atoms with Crippen molar-refractivity contribution in [2.24, 2.45) is 0 Å². The van der Waals surface area contributed by atoms with E-state index < -0.39 is 0 Å². The molecule has 2 rings (SSSR count). The van der Waals surface area contributed by atoms with Crippen LogP contribution in [0.3, 0.4) is 0 Å². The van der Waals surface area contributed by atoms with Crippen molar-refractivity contribution in [2.45, 2.75) is 26.3 Å². The van der Waals surface area contributed by atoms with E-state index in [0.717, 1.165) is 13.0 Å². The zero-order valence-electron chi connectivity index (χ0n) is 9.90. The monoisotopic (exact) mass is 214 g/mol. The number of fused-ring (bicyclic) bond motifs is 1. The second-order valence-corrected chi connectivity index (χ2v) is 3.96. The van der Waals surface area contributed by atoms with Gasteiger partial charge in [-0.2, -0.15) is 0 Å². The molecule has 0 aliphatic rings. The first kappa shape index (κ1) is 11.1. The maximum atomic E-state index is 4.22. The highest BCUT2D eigenvalue weighted by Crippen LogP contribution is 2.25. The molecule has 0 bridgehead atoms. The quantitative estimate of drug-likeness (QED) is 0.844. The normalized spacial score (nSPS) is 12.9. The third-order valence-corrected chi connectivity index (χ3v) is 2.95. The van der Waals surface area contributed by atoms with Gasteiger partial charge in [0.2, 0.25) is 0 Å². The molecule has 16 heavy (non-hydrogen) atoms. The van der Waals surface area contributed by atoms with Gasteiger partial charge in [0.25, 0.3) is 0 Å². The summed E-state index contributed by atoms with van der Waals surface area (Å²) >= 11 is 0. The van der Waals surface area contributed by atoms with E-state index in [4.69, 9.17) is 0 Å². The van der Waals surface area contributed by atoms with Crippen LogP contribution in [-0.2, 0) is 0 Å². The van der Waals surface area contributed by atoms with E-state index in [-0.39, 0.29) is 0 Å². The molecule has 2 heteroatoms. The molecule has 0 fully saturated rings. The van der Waals surface area contributed by atoms with Crippen LogP contribution >= 0.6 is 0 Å². The van der Waals surface area contributed by atoms with Gasteiger partial charge in [-0.1, -0.05) is 32.0 Å². The van der Waals surface area contributed by atoms with Gasteiger partial charge in [-0.15, -0.1) is 0 Å². The van der Waals surface area contributed by atoms with Crippen molar-refractivity contribution in [2.75, 3.05) is 6.54 Å². The van der Waals surface area contributed by atoms with Crippen molar-refractivity contribution in [1.29, 1.82) is 0 Å². The number of hydrogen-bond donors (Lipinski definition) is 1. The third kappa shape index (κ3) is 2.07. The minimum atomic E-state index is 0.429. The van der Waals surface area contributed by atoms with E-state index in [9.17, 15) is 0 Å². The number of aromatic nitrogens is 1. The molecule has 1 aromatic carbocycles. The van der Waals surface area contributed by atoms with E-state index in [1.165, 1.54) is 16.3 Å². The fourth-order valence-electron chi connectivity index (χ4n) is 2.16. The lowest BCUT2D eigenvalue weighted by Gasteiger charge is -2.18. The van der Waals surface area contributed by atoms with Crippen LogP contribution in [0.25, 0.3) is 10.8 Å². The van der Waals surface area contributed by atoms with Crippen LogP contribution in [0.1, 0.15) is 31.9 Å². The highest BCUT2D eigenvalue weighted by molar-refractivity contribution is 5.85. The SMILES string of the molecule is CCNC(CC)c1cccc2ccncc12. The van der Waals surface area contributed by atoms with E-state index >= 15 is 0 Å². The lowest BCUT2D eigenvalue weighted by Crippen LogP contribution is -2.20. The Morgan fingerprint density at radius 3 is 2.88 bits per heavy atom. The number of hydrogen-bond acceptors (Lipinski definition) is 2. The van der Waals surface area contributed by atoms with Crippen molar-refractivity contribution >= 4 is 10.8 Å². The van der Waals surface area contributed by atoms with Gasteiger partial charge in [0.1, 0.15) is 0 Å². The fraction of sp³-hybridized carbons (Fsp3) is 0.357. The van der Waals surface area contributed by atoms with Gasteiger partial charge in [-0.3, -0.25) is 4.98 Å². The Hall–Kier alpha value is -1.41. The largest absolute Gasteiger partial charge is 0.310 e. The number of nitrogens with zero attached hydrogens (tertiary/aromatic N) is 1. The predicted octanol–water partition coefficient (Wildman–Crippen LogP) is 3.30. The van der Waals surface area contributed by atoms with Gasteiger partial charge in [-0.25, -0.2) is 0 Å². The summed E-state index contributed by atoms with van der Waals surface area (Å²) in [7, 11) is 0. The fourth-order valence-corrected chi connectivity index (χ4v) is 2.16. The summed E-state index contributed by atoms with van der Waals surface area (Å²) in [5, 5.41) is 6.04. The summed E-state index contributed by atoms with van der Waals surface area (Å²) in [6, 6.07) is 8.95. The predicted molar refractivity (Wildman–Crippen MR) is 68.5 cm³/mol. The number of nitrogens with one attached hydrogen (secondary N) is 1. The Morgan fingerprint density at radius 2 is 2.12 bits per heavy atom. The first-order chi connectivity index (χ1) is 7.86. The third-order valence-electron chi connectivity index (χ3n) is 2.95. The molecule has 0 radical (unpaired) electrons. The summed E-state index contributed by atoms with van der Waals surface area (Å²) in [6.07, 6.45) is 4.91. The van der Waals surface area contributed by atoms with Gasteiger partial charge < -0.3 is 5.32 Å². The molecule has 1 atom stereocenters. The number of benzene rings is 1. The summed E-state index contributed by atoms with van der Waals surface area (Å²) in [4.78, 5) is 4.22. The molecule has 0 amide bonds. The average Bonchev–Trinajstić information content (AvgIpc) is 2.35. The maximum absolute atomic E-state index is 4.22. The molecule has 2 nitrogen and oxygen atoms in total. The van der Waals surface area contributed by atoms with Gasteiger partial charge in [0, 0.05) is 23.8 Å². The van der Waals surface area contributed by atoms with Crippen molar-refractivity contribution in [3.63, 3.8) is 0 Å². The van der Waals surface area contributed by atoms with Crippen LogP contribution in [0, 0.1) is 0 Å². The molecular weight excluding hydrogens is 196 g/mol. The van der Waals surface area contributed by atoms with Crippen LogP contribution in [0.5, 0.6) is 0 Å². The molecule has 2 aromatic rings. The topological polar surface area (TPSA) is 24.9 Å². The summed E-state index contributed by atoms with van der Waals surface area (Å²) in [6.45, 7) is 5.35. The van der Waals surface area contributed by atoms with E-state index in [0.29, 0.717) is 6.04 Å². The van der Waals surface area contributed by atoms with Crippen LogP contribution < -0.4 is 5.32 Å². The molecule has 1 heterocycles. The molecular formula is C14H18N2. The smallest absolute Gasteiger partial charge is 0.0349 e. The van der Waals surface area contributed by atoms with Gasteiger partial charge in [0.15, 0.2) is 0 Å². The second kappa shape index (κ2) is 5.08. The molecule has 1 aromatic heterocycles. The second-order valence-electron chi connectivity index (χ2n) is 3.96. The average molecular weight is 214 g/mol. The lowest BCUT2D eigenvalue weighted by molar-refractivity contribution is 0.541. The molecule has 0 saturated heterocycles. The van der Waals surface area contributed by atoms with E-state index in [1.54, 1.807) is 0 Å². The molecule has 0 aliphatic heterocycles. The van der Waals surface area contributed by atoms with Gasteiger partial charge in [-0.05, 0) is 30.0 Å². The Bertz CT molecular complexity index is 460. The molecule has 0 saturated carbocycles. The first-order valence-corrected chi connectivity index (χ1v) is 5.92. The summed E-state index contributed by atoms with van der Waals surface area (Å²) < 4.78 is 0. The Labute approximate surface area is 96.7 Å². The van der Waals surface area contributed by atoms with Crippen LogP contribution in [0.4, 0.5) is 0 Å². The van der Waals surface area contributed by atoms with Crippen molar-refractivity contribution in [3.8, 4) is 0 Å². The van der Waals surface area contributed by atoms with E-state index in [2.05, 4.69) is 48.4 Å². The minimum Gasteiger partial charge on any atom is -0.310 e. The zero-order chi connectivity index (χ0) is 11.4. The molecule has 84 valence electrons. The summed E-state index contributed by atoms with van der Waals surface area (Å²) in [5.74, 6) is 0. The van der Waals surface area contributed by atoms with Crippen molar-refractivity contribution in [3.05, 3.63) is 42.2 Å². The Balaban J connectivity index is 2.50. The highest BCUT2D eigenvalue weighted by Gasteiger charge is 2.10. The molecule has 1 N–H and O–H groups in total. The highest BCUT2D eigenvalue weighted by atomic mass is 14.9. The maximum Gasteiger partial charge on any atom is 0.0349 e. The first-order valence-electron chi connectivity index (χ1n) is 5.92. The van der Waals surface area contributed by atoms with Crippen LogP contribution in [0.15, 0.2) is 36.7 Å². The lowest BCUT2D eigenvalue weighted by atomic mass is 9.98. The van der Waals surface area contributed by atoms with Crippen molar-refractivity contribution < 1.29 is 0 Å². The van der Waals surface area contributed by atoms with Gasteiger partial charge in [0.05, 0.1) is 0 Å². The molecule has 0 spiro atoms. The van der Waals surface area contributed by atoms with Crippen molar-refractivity contribution in [1.82, 2.24) is 10.3 Å². The standard InChI is InChI=1S/C14H18N2/c1-3-14(16-4-2)12-7-5-6-11-8-9-15-10-13(11)12/h5-10,14,16H,3-4H2,1-2H3. The summed E-state index contributed by atoms with van der Waals surface area (Å²) in [5.41, 5.74) is 1.36. The zero-order valence-corrected chi connectivity index (χ0v) is 9.90. The minimum absolute atomic E-state index is 0.429. The number of rotatable bonds is 4. The van der Waals surface area contributed by atoms with Crippen LogP contribution in [-0.4, -0.2) is 11.5 Å². The molecule has 1 unspecified atom stereocenters. The molecule has 0 aliphatic carbocycles. The van der Waals surface area contributed by atoms with E-state index in [1.807, 2.05) is 12.4 Å². The Morgan fingerprint density at radius 1 is 1.25 bits per heavy atom. The van der Waals surface area contributed by atoms with Crippen LogP contribution in [0.2, 0.25) is 0 Å².